The molecule has 146 valence electrons. The molecular weight excluding hydrogens is 336 g/mol. The van der Waals surface area contributed by atoms with Crippen LogP contribution in [-0.2, 0) is 14.3 Å². The minimum atomic E-state index is -0.832. The van der Waals surface area contributed by atoms with Gasteiger partial charge in [0.25, 0.3) is 0 Å². The average Bonchev–Trinajstić information content (AvgIpc) is 2.58. The summed E-state index contributed by atoms with van der Waals surface area (Å²) in [4.78, 5) is 38.8. The third kappa shape index (κ3) is 6.04. The summed E-state index contributed by atoms with van der Waals surface area (Å²) in [7, 11) is 0. The van der Waals surface area contributed by atoms with Gasteiger partial charge < -0.3 is 19.6 Å². The van der Waals surface area contributed by atoms with Crippen molar-refractivity contribution < 1.29 is 24.2 Å². The average molecular weight is 366 g/mol. The maximum atomic E-state index is 12.3. The highest BCUT2D eigenvalue weighted by molar-refractivity contribution is 5.88. The van der Waals surface area contributed by atoms with Gasteiger partial charge >= 0.3 is 12.1 Å². The van der Waals surface area contributed by atoms with Gasteiger partial charge in [0.2, 0.25) is 5.91 Å². The highest BCUT2D eigenvalue weighted by Gasteiger charge is 2.28. The summed E-state index contributed by atoms with van der Waals surface area (Å²) in [6.45, 7) is 7.68. The van der Waals surface area contributed by atoms with Gasteiger partial charge in [-0.05, 0) is 58.4 Å². The van der Waals surface area contributed by atoms with E-state index in [1.165, 1.54) is 0 Å². The highest BCUT2D eigenvalue weighted by Crippen LogP contribution is 2.21. The lowest BCUT2D eigenvalue weighted by Gasteiger charge is -2.32. The van der Waals surface area contributed by atoms with Crippen LogP contribution in [0.4, 0.5) is 4.79 Å². The van der Waals surface area contributed by atoms with Crippen LogP contribution >= 0.6 is 0 Å². The van der Waals surface area contributed by atoms with Crippen molar-refractivity contribution in [2.75, 3.05) is 26.2 Å². The molecule has 0 saturated carbocycles. The number of allylic oxidation sites excluding steroid dienone is 1. The van der Waals surface area contributed by atoms with Crippen LogP contribution in [0.1, 0.15) is 46.5 Å². The first-order chi connectivity index (χ1) is 12.2. The van der Waals surface area contributed by atoms with Crippen molar-refractivity contribution in [2.24, 2.45) is 11.8 Å². The standard InChI is InChI=1S/C19H30N2O5/c1-19(2,3)26-18(25)20-11-8-14(9-12-20)6-7-16(22)21-10-4-5-15(13-21)17(23)24/h6-7,14-15H,4-5,8-13H2,1-3H3,(H,23,24)/b7-6+/t15-/m1/s1. The smallest absolute Gasteiger partial charge is 0.410 e. The molecule has 0 unspecified atom stereocenters. The number of carbonyl (C=O) groups excluding carboxylic acids is 2. The van der Waals surface area contributed by atoms with Crippen molar-refractivity contribution in [3.05, 3.63) is 12.2 Å². The molecule has 1 atom stereocenters. The molecule has 0 aromatic rings. The zero-order valence-corrected chi connectivity index (χ0v) is 15.9. The van der Waals surface area contributed by atoms with E-state index in [0.717, 1.165) is 19.3 Å². The first kappa shape index (κ1) is 20.3. The van der Waals surface area contributed by atoms with Gasteiger partial charge in [-0.3, -0.25) is 9.59 Å². The fourth-order valence-electron chi connectivity index (χ4n) is 3.30. The van der Waals surface area contributed by atoms with Crippen LogP contribution in [0.15, 0.2) is 12.2 Å². The maximum Gasteiger partial charge on any atom is 0.410 e. The van der Waals surface area contributed by atoms with E-state index in [0.29, 0.717) is 26.1 Å². The van der Waals surface area contributed by atoms with Crippen LogP contribution in [0.25, 0.3) is 0 Å². The molecule has 0 aromatic heterocycles. The highest BCUT2D eigenvalue weighted by atomic mass is 16.6. The lowest BCUT2D eigenvalue weighted by molar-refractivity contribution is -0.144. The third-order valence-electron chi connectivity index (χ3n) is 4.78. The zero-order chi connectivity index (χ0) is 19.3. The Labute approximate surface area is 155 Å². The molecule has 2 heterocycles. The van der Waals surface area contributed by atoms with Crippen molar-refractivity contribution in [2.45, 2.75) is 52.1 Å². The van der Waals surface area contributed by atoms with E-state index in [9.17, 15) is 14.4 Å². The molecule has 2 saturated heterocycles. The van der Waals surface area contributed by atoms with Crippen LogP contribution in [0, 0.1) is 11.8 Å². The van der Waals surface area contributed by atoms with E-state index in [1.807, 2.05) is 26.8 Å². The van der Waals surface area contributed by atoms with Gasteiger partial charge in [-0.15, -0.1) is 0 Å². The molecule has 2 amide bonds. The minimum absolute atomic E-state index is 0.120. The van der Waals surface area contributed by atoms with E-state index in [1.54, 1.807) is 15.9 Å². The molecule has 0 spiro atoms. The van der Waals surface area contributed by atoms with E-state index in [-0.39, 0.29) is 24.5 Å². The molecule has 26 heavy (non-hydrogen) atoms. The fraction of sp³-hybridized carbons (Fsp3) is 0.737. The molecule has 0 aromatic carbocycles. The van der Waals surface area contributed by atoms with Crippen LogP contribution in [0.5, 0.6) is 0 Å². The Morgan fingerprint density at radius 3 is 2.27 bits per heavy atom. The summed E-state index contributed by atoms with van der Waals surface area (Å²) >= 11 is 0. The van der Waals surface area contributed by atoms with Crippen molar-refractivity contribution >= 4 is 18.0 Å². The van der Waals surface area contributed by atoms with E-state index in [4.69, 9.17) is 9.84 Å². The Morgan fingerprint density at radius 2 is 1.69 bits per heavy atom. The summed E-state index contributed by atoms with van der Waals surface area (Å²) in [5, 5.41) is 9.11. The molecule has 7 heteroatoms. The SMILES string of the molecule is CC(C)(C)OC(=O)N1CCC(/C=C/C(=O)N2CCC[C@@H](C(=O)O)C2)CC1. The van der Waals surface area contributed by atoms with Gasteiger partial charge in [0, 0.05) is 26.2 Å². The van der Waals surface area contributed by atoms with E-state index >= 15 is 0 Å². The van der Waals surface area contributed by atoms with Crippen LogP contribution in [-0.4, -0.2) is 64.7 Å². The molecule has 1 N–H and O–H groups in total. The number of piperidine rings is 2. The Kier molecular flexibility index (Phi) is 6.67. The normalized spacial score (nSPS) is 22.5. The Balaban J connectivity index is 1.78. The molecule has 2 aliphatic heterocycles. The number of likely N-dealkylation sites (tertiary alicyclic amines) is 2. The molecule has 7 nitrogen and oxygen atoms in total. The summed E-state index contributed by atoms with van der Waals surface area (Å²) in [6.07, 6.45) is 6.12. The van der Waals surface area contributed by atoms with Crippen molar-refractivity contribution in [1.82, 2.24) is 9.80 Å². The van der Waals surface area contributed by atoms with Crippen molar-refractivity contribution in [3.8, 4) is 0 Å². The minimum Gasteiger partial charge on any atom is -0.481 e. The number of rotatable bonds is 3. The molecule has 2 aliphatic rings. The number of carboxylic acids is 1. The maximum absolute atomic E-state index is 12.3. The van der Waals surface area contributed by atoms with Gasteiger partial charge in [0.15, 0.2) is 0 Å². The number of carbonyl (C=O) groups is 3. The Bertz CT molecular complexity index is 559. The number of amides is 2. The number of nitrogens with zero attached hydrogens (tertiary/aromatic N) is 2. The van der Waals surface area contributed by atoms with Gasteiger partial charge in [0.1, 0.15) is 5.60 Å². The molecule has 2 fully saturated rings. The second kappa shape index (κ2) is 8.56. The Morgan fingerprint density at radius 1 is 1.04 bits per heavy atom. The van der Waals surface area contributed by atoms with Crippen molar-refractivity contribution in [1.29, 1.82) is 0 Å². The van der Waals surface area contributed by atoms with E-state index < -0.39 is 17.5 Å². The van der Waals surface area contributed by atoms with Gasteiger partial charge in [0.05, 0.1) is 5.92 Å². The Hall–Kier alpha value is -2.05. The predicted octanol–water partition coefficient (Wildman–Crippen LogP) is 2.51. The molecule has 0 radical (unpaired) electrons. The quantitative estimate of drug-likeness (QED) is 0.776. The zero-order valence-electron chi connectivity index (χ0n) is 15.9. The summed E-state index contributed by atoms with van der Waals surface area (Å²) < 4.78 is 5.38. The molecule has 0 aliphatic carbocycles. The largest absolute Gasteiger partial charge is 0.481 e. The number of ether oxygens (including phenoxy) is 1. The third-order valence-corrected chi connectivity index (χ3v) is 4.78. The van der Waals surface area contributed by atoms with E-state index in [2.05, 4.69) is 0 Å². The second-order valence-corrected chi connectivity index (χ2v) is 8.13. The van der Waals surface area contributed by atoms with Crippen molar-refractivity contribution in [3.63, 3.8) is 0 Å². The monoisotopic (exact) mass is 366 g/mol. The number of aliphatic carboxylic acids is 1. The summed E-state index contributed by atoms with van der Waals surface area (Å²) in [6, 6.07) is 0. The van der Waals surface area contributed by atoms with Crippen LogP contribution < -0.4 is 0 Å². The first-order valence-corrected chi connectivity index (χ1v) is 9.33. The van der Waals surface area contributed by atoms with Crippen LogP contribution in [0.3, 0.4) is 0 Å². The van der Waals surface area contributed by atoms with Gasteiger partial charge in [-0.25, -0.2) is 4.79 Å². The number of hydrogen-bond acceptors (Lipinski definition) is 4. The summed E-state index contributed by atoms with van der Waals surface area (Å²) in [5.74, 6) is -1.16. The molecular formula is C19H30N2O5. The fourth-order valence-corrected chi connectivity index (χ4v) is 3.30. The second-order valence-electron chi connectivity index (χ2n) is 8.13. The molecule has 2 rings (SSSR count). The van der Waals surface area contributed by atoms with Gasteiger partial charge in [-0.2, -0.15) is 0 Å². The lowest BCUT2D eigenvalue weighted by Crippen LogP contribution is -2.42. The topological polar surface area (TPSA) is 87.2 Å². The molecule has 0 bridgehead atoms. The summed E-state index contributed by atoms with van der Waals surface area (Å²) in [5.41, 5.74) is -0.498. The van der Waals surface area contributed by atoms with Crippen LogP contribution in [0.2, 0.25) is 0 Å². The predicted molar refractivity (Wildman–Crippen MR) is 96.6 cm³/mol. The van der Waals surface area contributed by atoms with Gasteiger partial charge in [-0.1, -0.05) is 6.08 Å². The number of carboxylic acid groups (broad SMARTS) is 1. The lowest BCUT2D eigenvalue weighted by atomic mass is 9.96. The first-order valence-electron chi connectivity index (χ1n) is 9.33. The number of hydrogen-bond donors (Lipinski definition) is 1.